The molecule has 1 aromatic heterocycles. The van der Waals surface area contributed by atoms with Gasteiger partial charge in [0.15, 0.2) is 5.58 Å². The number of nitrogens with zero attached hydrogens (tertiary/aromatic N) is 2. The molecule has 0 saturated carbocycles. The van der Waals surface area contributed by atoms with Crippen LogP contribution in [0.3, 0.4) is 0 Å². The molecule has 9 aromatic carbocycles. The van der Waals surface area contributed by atoms with E-state index in [9.17, 15) is 0 Å². The fourth-order valence-corrected chi connectivity index (χ4v) is 7.49. The number of benzene rings is 9. The van der Waals surface area contributed by atoms with Crippen LogP contribution in [0.2, 0.25) is 0 Å². The molecule has 10 aromatic rings. The first-order chi connectivity index (χ1) is 26.7. The highest BCUT2D eigenvalue weighted by Crippen LogP contribution is 2.40. The lowest BCUT2D eigenvalue weighted by atomic mass is 10.00. The van der Waals surface area contributed by atoms with E-state index in [4.69, 9.17) is 9.40 Å². The monoisotopic (exact) mass is 690 g/mol. The van der Waals surface area contributed by atoms with Crippen LogP contribution in [-0.4, -0.2) is 4.98 Å². The lowest BCUT2D eigenvalue weighted by molar-refractivity contribution is 0.621. The summed E-state index contributed by atoms with van der Waals surface area (Å²) in [4.78, 5) is 7.23. The van der Waals surface area contributed by atoms with Crippen molar-refractivity contribution in [2.24, 2.45) is 0 Å². The van der Waals surface area contributed by atoms with Gasteiger partial charge < -0.3 is 9.32 Å². The Morgan fingerprint density at radius 1 is 0.333 bits per heavy atom. The molecule has 0 N–H and O–H groups in total. The topological polar surface area (TPSA) is 29.3 Å². The predicted molar refractivity (Wildman–Crippen MR) is 225 cm³/mol. The summed E-state index contributed by atoms with van der Waals surface area (Å²) in [5, 5.41) is 4.83. The SMILES string of the molecule is c1ccc(-c2ccc(N(c3ccc(-c4cccc5nc(-c6ccc7ccccc7c6)oc45)cc3)c3cccc(-c4ccc5ccccc5c4)c3)cc2)cc1. The van der Waals surface area contributed by atoms with Crippen molar-refractivity contribution in [2.45, 2.75) is 0 Å². The fraction of sp³-hybridized carbons (Fsp3) is 0. The molecular formula is C51H34N2O. The van der Waals surface area contributed by atoms with Crippen molar-refractivity contribution >= 4 is 49.7 Å². The van der Waals surface area contributed by atoms with Crippen LogP contribution in [0.5, 0.6) is 0 Å². The van der Waals surface area contributed by atoms with Gasteiger partial charge in [0, 0.05) is 28.2 Å². The van der Waals surface area contributed by atoms with Gasteiger partial charge in [0.25, 0.3) is 0 Å². The van der Waals surface area contributed by atoms with Crippen LogP contribution in [0.4, 0.5) is 17.1 Å². The van der Waals surface area contributed by atoms with Gasteiger partial charge >= 0.3 is 0 Å². The summed E-state index contributed by atoms with van der Waals surface area (Å²) in [5.41, 5.74) is 12.6. The van der Waals surface area contributed by atoms with Crippen LogP contribution in [-0.2, 0) is 0 Å². The number of anilines is 3. The van der Waals surface area contributed by atoms with Gasteiger partial charge in [-0.2, -0.15) is 0 Å². The van der Waals surface area contributed by atoms with E-state index in [-0.39, 0.29) is 0 Å². The Morgan fingerprint density at radius 2 is 0.852 bits per heavy atom. The first-order valence-corrected chi connectivity index (χ1v) is 18.3. The Kier molecular flexibility index (Phi) is 7.81. The van der Waals surface area contributed by atoms with E-state index < -0.39 is 0 Å². The van der Waals surface area contributed by atoms with Crippen molar-refractivity contribution in [1.29, 1.82) is 0 Å². The van der Waals surface area contributed by atoms with Gasteiger partial charge in [-0.1, -0.05) is 146 Å². The molecule has 0 amide bonds. The second-order valence-electron chi connectivity index (χ2n) is 13.6. The summed E-state index contributed by atoms with van der Waals surface area (Å²) in [6.45, 7) is 0. The lowest BCUT2D eigenvalue weighted by Gasteiger charge is -2.26. The van der Waals surface area contributed by atoms with Crippen molar-refractivity contribution in [3.63, 3.8) is 0 Å². The first-order valence-electron chi connectivity index (χ1n) is 18.3. The minimum atomic E-state index is 0.622. The predicted octanol–water partition coefficient (Wildman–Crippen LogP) is 14.3. The van der Waals surface area contributed by atoms with Gasteiger partial charge in [-0.05, 0) is 110 Å². The summed E-state index contributed by atoms with van der Waals surface area (Å²) in [6.07, 6.45) is 0. The van der Waals surface area contributed by atoms with Crippen LogP contribution in [0.1, 0.15) is 0 Å². The van der Waals surface area contributed by atoms with Crippen molar-refractivity contribution in [3.8, 4) is 44.8 Å². The third-order valence-corrected chi connectivity index (χ3v) is 10.3. The summed E-state index contributed by atoms with van der Waals surface area (Å²) in [6, 6.07) is 73.0. The van der Waals surface area contributed by atoms with Crippen LogP contribution in [0.25, 0.3) is 77.5 Å². The number of aromatic nitrogens is 1. The third kappa shape index (κ3) is 5.88. The summed E-state index contributed by atoms with van der Waals surface area (Å²) >= 11 is 0. The molecule has 0 fully saturated rings. The van der Waals surface area contributed by atoms with Gasteiger partial charge in [-0.15, -0.1) is 0 Å². The maximum Gasteiger partial charge on any atom is 0.227 e. The van der Waals surface area contributed by atoms with Gasteiger partial charge in [0.05, 0.1) is 0 Å². The third-order valence-electron chi connectivity index (χ3n) is 10.3. The molecule has 254 valence electrons. The number of oxazole rings is 1. The Morgan fingerprint density at radius 3 is 1.56 bits per heavy atom. The molecule has 0 bridgehead atoms. The molecule has 10 rings (SSSR count). The molecule has 0 aliphatic rings. The molecule has 0 unspecified atom stereocenters. The van der Waals surface area contributed by atoms with E-state index in [1.54, 1.807) is 0 Å². The molecule has 0 atom stereocenters. The quantitative estimate of drug-likeness (QED) is 0.167. The van der Waals surface area contributed by atoms with E-state index in [1.807, 2.05) is 6.07 Å². The standard InChI is InChI=1S/C51H34N2O/c1-2-10-35(11-3-1)38-24-28-45(29-25-38)53(47-17-8-16-42(34-47)43-22-20-36-12-4-6-14-40(36)32-43)46-30-26-39(27-31-46)48-18-9-19-49-50(48)54-51(52-49)44-23-21-37-13-5-7-15-41(37)33-44/h1-34H. The molecule has 0 aliphatic heterocycles. The highest BCUT2D eigenvalue weighted by Gasteiger charge is 2.17. The highest BCUT2D eigenvalue weighted by atomic mass is 16.3. The van der Waals surface area contributed by atoms with Gasteiger partial charge in [-0.25, -0.2) is 4.98 Å². The molecule has 0 spiro atoms. The minimum Gasteiger partial charge on any atom is -0.435 e. The zero-order chi connectivity index (χ0) is 35.8. The highest BCUT2D eigenvalue weighted by molar-refractivity contribution is 5.94. The van der Waals surface area contributed by atoms with E-state index in [0.29, 0.717) is 5.89 Å². The van der Waals surface area contributed by atoms with Gasteiger partial charge in [0.2, 0.25) is 5.89 Å². The summed E-state index contributed by atoms with van der Waals surface area (Å²) in [5.74, 6) is 0.622. The van der Waals surface area contributed by atoms with Crippen molar-refractivity contribution in [3.05, 3.63) is 206 Å². The largest absolute Gasteiger partial charge is 0.435 e. The first kappa shape index (κ1) is 31.5. The Hall–Kier alpha value is -7.23. The number of para-hydroxylation sites is 1. The zero-order valence-electron chi connectivity index (χ0n) is 29.4. The molecule has 3 heteroatoms. The number of hydrogen-bond donors (Lipinski definition) is 0. The summed E-state index contributed by atoms with van der Waals surface area (Å²) in [7, 11) is 0. The van der Waals surface area contributed by atoms with Gasteiger partial charge in [0.1, 0.15) is 5.52 Å². The van der Waals surface area contributed by atoms with E-state index in [1.165, 1.54) is 38.4 Å². The lowest BCUT2D eigenvalue weighted by Crippen LogP contribution is -2.10. The van der Waals surface area contributed by atoms with Crippen molar-refractivity contribution in [1.82, 2.24) is 4.98 Å². The average Bonchev–Trinajstić information content (AvgIpc) is 3.70. The zero-order valence-corrected chi connectivity index (χ0v) is 29.4. The average molecular weight is 691 g/mol. The second-order valence-corrected chi connectivity index (χ2v) is 13.6. The van der Waals surface area contributed by atoms with Crippen LogP contribution in [0, 0.1) is 0 Å². The molecule has 3 nitrogen and oxygen atoms in total. The van der Waals surface area contributed by atoms with Gasteiger partial charge in [-0.3, -0.25) is 0 Å². The smallest absolute Gasteiger partial charge is 0.227 e. The molecular weight excluding hydrogens is 657 g/mol. The van der Waals surface area contributed by atoms with Crippen LogP contribution >= 0.6 is 0 Å². The number of rotatable bonds is 7. The maximum absolute atomic E-state index is 6.51. The maximum atomic E-state index is 6.51. The normalized spacial score (nSPS) is 11.3. The van der Waals surface area contributed by atoms with E-state index in [0.717, 1.165) is 50.2 Å². The molecule has 0 radical (unpaired) electrons. The number of fused-ring (bicyclic) bond motifs is 3. The second kappa shape index (κ2) is 13.4. The fourth-order valence-electron chi connectivity index (χ4n) is 7.49. The minimum absolute atomic E-state index is 0.622. The molecule has 54 heavy (non-hydrogen) atoms. The molecule has 1 heterocycles. The molecule has 0 aliphatic carbocycles. The Labute approximate surface area is 314 Å². The van der Waals surface area contributed by atoms with Crippen molar-refractivity contribution in [2.75, 3.05) is 4.90 Å². The van der Waals surface area contributed by atoms with E-state index >= 15 is 0 Å². The van der Waals surface area contributed by atoms with Crippen LogP contribution < -0.4 is 4.90 Å². The summed E-state index contributed by atoms with van der Waals surface area (Å²) < 4.78 is 6.51. The van der Waals surface area contributed by atoms with Crippen LogP contribution in [0.15, 0.2) is 211 Å². The Balaban J connectivity index is 1.04. The molecule has 0 saturated heterocycles. The Bertz CT molecular complexity index is 2930. The van der Waals surface area contributed by atoms with Crippen molar-refractivity contribution < 1.29 is 4.42 Å². The van der Waals surface area contributed by atoms with E-state index in [2.05, 4.69) is 205 Å². The number of hydrogen-bond acceptors (Lipinski definition) is 3.